The predicted octanol–water partition coefficient (Wildman–Crippen LogP) is 2.93. The van der Waals surface area contributed by atoms with Crippen molar-refractivity contribution in [2.24, 2.45) is 5.92 Å². The fourth-order valence-corrected chi connectivity index (χ4v) is 3.65. The molecule has 2 fully saturated rings. The maximum absolute atomic E-state index is 12.0. The SMILES string of the molecule is N#Cc1cc(-c2ccnc(NC(=O)C3CC3)c2)ccc1N1CCC[C@H]1CO. The van der Waals surface area contributed by atoms with Crippen LogP contribution in [0.4, 0.5) is 11.5 Å². The summed E-state index contributed by atoms with van der Waals surface area (Å²) in [4.78, 5) is 18.3. The zero-order valence-corrected chi connectivity index (χ0v) is 15.1. The standard InChI is InChI=1S/C21H22N4O2/c22-12-17-10-15(5-6-19(17)25-9-1-2-18(25)13-26)16-7-8-23-20(11-16)24-21(27)14-3-4-14/h5-8,10-11,14,18,26H,1-4,9,13H2,(H,23,24,27)/t18-/m0/s1. The number of pyridine rings is 1. The van der Waals surface area contributed by atoms with Crippen molar-refractivity contribution in [2.75, 3.05) is 23.4 Å². The third kappa shape index (κ3) is 3.64. The summed E-state index contributed by atoms with van der Waals surface area (Å²) in [6, 6.07) is 11.9. The Morgan fingerprint density at radius 1 is 1.26 bits per heavy atom. The molecule has 0 spiro atoms. The fraction of sp³-hybridized carbons (Fsp3) is 0.381. The Hall–Kier alpha value is -2.91. The lowest BCUT2D eigenvalue weighted by atomic mass is 10.0. The Morgan fingerprint density at radius 2 is 2.07 bits per heavy atom. The van der Waals surface area contributed by atoms with Crippen molar-refractivity contribution in [2.45, 2.75) is 31.7 Å². The average molecular weight is 362 g/mol. The number of amides is 1. The second kappa shape index (κ2) is 7.37. The normalized spacial score (nSPS) is 19.0. The molecule has 4 rings (SSSR count). The number of nitrogens with zero attached hydrogens (tertiary/aromatic N) is 3. The first-order chi connectivity index (χ1) is 13.2. The molecule has 1 saturated heterocycles. The van der Waals surface area contributed by atoms with Gasteiger partial charge in [-0.2, -0.15) is 5.26 Å². The quantitative estimate of drug-likeness (QED) is 0.854. The van der Waals surface area contributed by atoms with Crippen LogP contribution < -0.4 is 10.2 Å². The van der Waals surface area contributed by atoms with Crippen LogP contribution in [-0.2, 0) is 4.79 Å². The number of nitriles is 1. The summed E-state index contributed by atoms with van der Waals surface area (Å²) < 4.78 is 0. The summed E-state index contributed by atoms with van der Waals surface area (Å²) in [5, 5.41) is 22.1. The maximum Gasteiger partial charge on any atom is 0.228 e. The molecule has 1 aliphatic heterocycles. The highest BCUT2D eigenvalue weighted by molar-refractivity contribution is 5.93. The van der Waals surface area contributed by atoms with Crippen molar-refractivity contribution >= 4 is 17.4 Å². The molecule has 1 amide bonds. The fourth-order valence-electron chi connectivity index (χ4n) is 3.65. The number of nitrogens with one attached hydrogen (secondary N) is 1. The third-order valence-electron chi connectivity index (χ3n) is 5.31. The van der Waals surface area contributed by atoms with Gasteiger partial charge in [-0.25, -0.2) is 4.98 Å². The number of carbonyl (C=O) groups excluding carboxylic acids is 1. The van der Waals surface area contributed by atoms with E-state index < -0.39 is 0 Å². The van der Waals surface area contributed by atoms with E-state index in [1.54, 1.807) is 6.20 Å². The van der Waals surface area contributed by atoms with E-state index in [-0.39, 0.29) is 24.5 Å². The number of aliphatic hydroxyl groups excluding tert-OH is 1. The molecule has 0 bridgehead atoms. The van der Waals surface area contributed by atoms with Crippen LogP contribution >= 0.6 is 0 Å². The van der Waals surface area contributed by atoms with Gasteiger partial charge in [0.05, 0.1) is 23.9 Å². The molecule has 1 aromatic carbocycles. The van der Waals surface area contributed by atoms with Crippen LogP contribution in [0.1, 0.15) is 31.2 Å². The highest BCUT2D eigenvalue weighted by Gasteiger charge is 2.30. The van der Waals surface area contributed by atoms with Gasteiger partial charge in [-0.15, -0.1) is 0 Å². The van der Waals surface area contributed by atoms with E-state index in [4.69, 9.17) is 0 Å². The number of hydrogen-bond acceptors (Lipinski definition) is 5. The molecule has 6 heteroatoms. The van der Waals surface area contributed by atoms with Crippen LogP contribution in [0, 0.1) is 17.2 Å². The zero-order chi connectivity index (χ0) is 18.8. The largest absolute Gasteiger partial charge is 0.394 e. The summed E-state index contributed by atoms with van der Waals surface area (Å²) in [6.07, 6.45) is 5.53. The molecule has 2 aliphatic rings. The number of aliphatic hydroxyl groups is 1. The second-order valence-corrected chi connectivity index (χ2v) is 7.21. The topological polar surface area (TPSA) is 89.2 Å². The van der Waals surface area contributed by atoms with Crippen molar-refractivity contribution in [3.05, 3.63) is 42.1 Å². The van der Waals surface area contributed by atoms with Gasteiger partial charge in [-0.1, -0.05) is 6.07 Å². The monoisotopic (exact) mass is 362 g/mol. The third-order valence-corrected chi connectivity index (χ3v) is 5.31. The molecule has 1 saturated carbocycles. The van der Waals surface area contributed by atoms with Gasteiger partial charge >= 0.3 is 0 Å². The Morgan fingerprint density at radius 3 is 2.81 bits per heavy atom. The number of aromatic nitrogens is 1. The molecule has 138 valence electrons. The van der Waals surface area contributed by atoms with Gasteiger partial charge in [0.25, 0.3) is 0 Å². The van der Waals surface area contributed by atoms with E-state index in [0.29, 0.717) is 11.4 Å². The van der Waals surface area contributed by atoms with Crippen LogP contribution in [0.15, 0.2) is 36.5 Å². The van der Waals surface area contributed by atoms with Gasteiger partial charge in [-0.05, 0) is 61.1 Å². The lowest BCUT2D eigenvalue weighted by Crippen LogP contribution is -2.32. The van der Waals surface area contributed by atoms with Gasteiger partial charge in [0.1, 0.15) is 11.9 Å². The smallest absolute Gasteiger partial charge is 0.228 e. The molecule has 2 N–H and O–H groups in total. The van der Waals surface area contributed by atoms with E-state index >= 15 is 0 Å². The predicted molar refractivity (Wildman–Crippen MR) is 103 cm³/mol. The van der Waals surface area contributed by atoms with E-state index in [1.807, 2.05) is 30.3 Å². The molecule has 0 unspecified atom stereocenters. The molecule has 1 atom stereocenters. The van der Waals surface area contributed by atoms with E-state index in [1.165, 1.54) is 0 Å². The minimum Gasteiger partial charge on any atom is -0.394 e. The summed E-state index contributed by atoms with van der Waals surface area (Å²) in [5.74, 6) is 0.684. The summed E-state index contributed by atoms with van der Waals surface area (Å²) >= 11 is 0. The minimum absolute atomic E-state index is 0.0248. The molecule has 0 radical (unpaired) electrons. The lowest BCUT2D eigenvalue weighted by Gasteiger charge is -2.26. The Balaban J connectivity index is 1.61. The zero-order valence-electron chi connectivity index (χ0n) is 15.1. The number of benzene rings is 1. The maximum atomic E-state index is 12.0. The number of rotatable bonds is 5. The Bertz CT molecular complexity index is 901. The number of carbonyl (C=O) groups is 1. The lowest BCUT2D eigenvalue weighted by molar-refractivity contribution is -0.117. The molecule has 1 aliphatic carbocycles. The first kappa shape index (κ1) is 17.5. The van der Waals surface area contributed by atoms with Crippen LogP contribution in [-0.4, -0.2) is 35.2 Å². The molecular weight excluding hydrogens is 340 g/mol. The molecule has 1 aromatic heterocycles. The second-order valence-electron chi connectivity index (χ2n) is 7.21. The van der Waals surface area contributed by atoms with Crippen LogP contribution in [0.2, 0.25) is 0 Å². The van der Waals surface area contributed by atoms with Gasteiger partial charge in [0.15, 0.2) is 0 Å². The number of hydrogen-bond donors (Lipinski definition) is 2. The first-order valence-electron chi connectivity index (χ1n) is 9.38. The first-order valence-corrected chi connectivity index (χ1v) is 9.38. The highest BCUT2D eigenvalue weighted by Crippen LogP contribution is 2.33. The van der Waals surface area contributed by atoms with Crippen molar-refractivity contribution < 1.29 is 9.90 Å². The van der Waals surface area contributed by atoms with Crippen molar-refractivity contribution in [1.29, 1.82) is 5.26 Å². The molecule has 6 nitrogen and oxygen atoms in total. The van der Waals surface area contributed by atoms with Gasteiger partial charge < -0.3 is 15.3 Å². The summed E-state index contributed by atoms with van der Waals surface area (Å²) in [7, 11) is 0. The van der Waals surface area contributed by atoms with Gasteiger partial charge in [0, 0.05) is 18.7 Å². The molecule has 2 heterocycles. The van der Waals surface area contributed by atoms with E-state index in [9.17, 15) is 15.2 Å². The molecule has 2 aromatic rings. The van der Waals surface area contributed by atoms with Crippen molar-refractivity contribution in [3.8, 4) is 17.2 Å². The van der Waals surface area contributed by atoms with E-state index in [2.05, 4.69) is 21.3 Å². The number of anilines is 2. The minimum atomic E-state index is 0.0248. The highest BCUT2D eigenvalue weighted by atomic mass is 16.3. The van der Waals surface area contributed by atoms with Crippen LogP contribution in [0.3, 0.4) is 0 Å². The average Bonchev–Trinajstić information content (AvgIpc) is 3.45. The molecule has 27 heavy (non-hydrogen) atoms. The van der Waals surface area contributed by atoms with Gasteiger partial charge in [-0.3, -0.25) is 4.79 Å². The van der Waals surface area contributed by atoms with Crippen LogP contribution in [0.25, 0.3) is 11.1 Å². The van der Waals surface area contributed by atoms with Gasteiger partial charge in [0.2, 0.25) is 5.91 Å². The van der Waals surface area contributed by atoms with E-state index in [0.717, 1.165) is 49.0 Å². The summed E-state index contributed by atoms with van der Waals surface area (Å²) in [6.45, 7) is 0.951. The summed E-state index contributed by atoms with van der Waals surface area (Å²) in [5.41, 5.74) is 3.26. The Kier molecular flexibility index (Phi) is 4.78. The molecular formula is C21H22N4O2. The Labute approximate surface area is 158 Å². The van der Waals surface area contributed by atoms with Crippen molar-refractivity contribution in [3.63, 3.8) is 0 Å². The van der Waals surface area contributed by atoms with Crippen molar-refractivity contribution in [1.82, 2.24) is 4.98 Å². The van der Waals surface area contributed by atoms with Crippen LogP contribution in [0.5, 0.6) is 0 Å².